The Hall–Kier alpha value is -1.63. The number of aromatic nitrogens is 3. The van der Waals surface area contributed by atoms with Crippen LogP contribution in [0.1, 0.15) is 33.1 Å². The lowest BCUT2D eigenvalue weighted by Crippen LogP contribution is -2.18. The van der Waals surface area contributed by atoms with Gasteiger partial charge >= 0.3 is 6.01 Å². The second-order valence-electron chi connectivity index (χ2n) is 4.55. The first kappa shape index (κ1) is 16.4. The molecule has 0 aliphatic rings. The van der Waals surface area contributed by atoms with Crippen molar-refractivity contribution in [2.75, 3.05) is 37.4 Å². The van der Waals surface area contributed by atoms with Gasteiger partial charge in [0, 0.05) is 19.7 Å². The van der Waals surface area contributed by atoms with Gasteiger partial charge in [-0.25, -0.2) is 0 Å². The van der Waals surface area contributed by atoms with Gasteiger partial charge in [0.2, 0.25) is 11.9 Å². The van der Waals surface area contributed by atoms with Crippen molar-refractivity contribution in [3.8, 4) is 6.01 Å². The number of hydrogen-bond donors (Lipinski definition) is 3. The Labute approximate surface area is 120 Å². The van der Waals surface area contributed by atoms with Crippen LogP contribution in [0.2, 0.25) is 0 Å². The fourth-order valence-electron chi connectivity index (χ4n) is 1.94. The molecule has 0 aliphatic carbocycles. The molecule has 1 unspecified atom stereocenters. The minimum atomic E-state index is 0.204. The van der Waals surface area contributed by atoms with E-state index >= 15 is 0 Å². The summed E-state index contributed by atoms with van der Waals surface area (Å²) in [5, 5.41) is 15.3. The molecule has 0 saturated carbocycles. The van der Waals surface area contributed by atoms with E-state index in [4.69, 9.17) is 9.84 Å². The van der Waals surface area contributed by atoms with Crippen molar-refractivity contribution in [3.05, 3.63) is 0 Å². The SMILES string of the molecule is CCCC(CCO)CNc1nc(NCC)nc(OC)n1. The van der Waals surface area contributed by atoms with Crippen molar-refractivity contribution in [1.29, 1.82) is 0 Å². The molecule has 1 aromatic heterocycles. The van der Waals surface area contributed by atoms with Gasteiger partial charge in [0.1, 0.15) is 0 Å². The van der Waals surface area contributed by atoms with Crippen LogP contribution in [0.15, 0.2) is 0 Å². The van der Waals surface area contributed by atoms with Crippen molar-refractivity contribution in [1.82, 2.24) is 15.0 Å². The number of anilines is 2. The molecule has 1 rings (SSSR count). The van der Waals surface area contributed by atoms with Crippen LogP contribution in [0.25, 0.3) is 0 Å². The first-order valence-electron chi connectivity index (χ1n) is 7.12. The Morgan fingerprint density at radius 1 is 1.10 bits per heavy atom. The summed E-state index contributed by atoms with van der Waals surface area (Å²) in [6.45, 7) is 5.78. The van der Waals surface area contributed by atoms with Gasteiger partial charge in [0.05, 0.1) is 7.11 Å². The van der Waals surface area contributed by atoms with Crippen LogP contribution in [0.3, 0.4) is 0 Å². The monoisotopic (exact) mass is 283 g/mol. The van der Waals surface area contributed by atoms with Crippen LogP contribution in [-0.4, -0.2) is 46.9 Å². The summed E-state index contributed by atoms with van der Waals surface area (Å²) in [5.74, 6) is 1.40. The minimum absolute atomic E-state index is 0.204. The van der Waals surface area contributed by atoms with Gasteiger partial charge in [-0.15, -0.1) is 0 Å². The Morgan fingerprint density at radius 2 is 1.80 bits per heavy atom. The van der Waals surface area contributed by atoms with E-state index in [9.17, 15) is 0 Å². The Kier molecular flexibility index (Phi) is 7.64. The van der Waals surface area contributed by atoms with Gasteiger partial charge in [-0.1, -0.05) is 13.3 Å². The van der Waals surface area contributed by atoms with E-state index in [1.807, 2.05) is 6.92 Å². The van der Waals surface area contributed by atoms with Crippen molar-refractivity contribution < 1.29 is 9.84 Å². The number of rotatable bonds is 10. The third-order valence-electron chi connectivity index (χ3n) is 2.92. The van der Waals surface area contributed by atoms with Crippen LogP contribution < -0.4 is 15.4 Å². The first-order valence-corrected chi connectivity index (χ1v) is 7.12. The molecular weight excluding hydrogens is 258 g/mol. The normalized spacial score (nSPS) is 12.0. The molecule has 7 nitrogen and oxygen atoms in total. The molecule has 7 heteroatoms. The van der Waals surface area contributed by atoms with Gasteiger partial charge in [0.15, 0.2) is 0 Å². The van der Waals surface area contributed by atoms with Gasteiger partial charge in [-0.3, -0.25) is 0 Å². The maximum Gasteiger partial charge on any atom is 0.322 e. The molecule has 1 aromatic rings. The van der Waals surface area contributed by atoms with Crippen molar-refractivity contribution in [2.45, 2.75) is 33.1 Å². The molecule has 114 valence electrons. The average molecular weight is 283 g/mol. The maximum atomic E-state index is 9.06. The molecule has 1 heterocycles. The lowest BCUT2D eigenvalue weighted by Gasteiger charge is -2.16. The van der Waals surface area contributed by atoms with E-state index in [1.54, 1.807) is 0 Å². The third kappa shape index (κ3) is 5.56. The number of nitrogens with one attached hydrogen (secondary N) is 2. The molecule has 0 bridgehead atoms. The van der Waals surface area contributed by atoms with E-state index in [-0.39, 0.29) is 12.6 Å². The molecule has 0 fully saturated rings. The highest BCUT2D eigenvalue weighted by Crippen LogP contribution is 2.14. The third-order valence-corrected chi connectivity index (χ3v) is 2.92. The van der Waals surface area contributed by atoms with Crippen LogP contribution in [0, 0.1) is 5.92 Å². The van der Waals surface area contributed by atoms with Crippen LogP contribution in [0.4, 0.5) is 11.9 Å². The number of aliphatic hydroxyl groups is 1. The van der Waals surface area contributed by atoms with Gasteiger partial charge < -0.3 is 20.5 Å². The fraction of sp³-hybridized carbons (Fsp3) is 0.769. The summed E-state index contributed by atoms with van der Waals surface area (Å²) in [5.41, 5.74) is 0. The zero-order valence-electron chi connectivity index (χ0n) is 12.5. The van der Waals surface area contributed by atoms with E-state index in [0.29, 0.717) is 17.8 Å². The second kappa shape index (κ2) is 9.30. The lowest BCUT2D eigenvalue weighted by atomic mass is 10.0. The van der Waals surface area contributed by atoms with Crippen molar-refractivity contribution in [3.63, 3.8) is 0 Å². The molecule has 3 N–H and O–H groups in total. The number of hydrogen-bond acceptors (Lipinski definition) is 7. The van der Waals surface area contributed by atoms with E-state index < -0.39 is 0 Å². The molecule has 0 spiro atoms. The molecule has 1 atom stereocenters. The lowest BCUT2D eigenvalue weighted by molar-refractivity contribution is 0.255. The maximum absolute atomic E-state index is 9.06. The number of nitrogens with zero attached hydrogens (tertiary/aromatic N) is 3. The minimum Gasteiger partial charge on any atom is -0.467 e. The summed E-state index contributed by atoms with van der Waals surface area (Å²) >= 11 is 0. The van der Waals surface area contributed by atoms with Gasteiger partial charge in [-0.2, -0.15) is 15.0 Å². The summed E-state index contributed by atoms with van der Waals surface area (Å²) < 4.78 is 5.06. The quantitative estimate of drug-likeness (QED) is 0.599. The molecule has 0 aromatic carbocycles. The van der Waals surface area contributed by atoms with E-state index in [1.165, 1.54) is 7.11 Å². The first-order chi connectivity index (χ1) is 9.73. The zero-order valence-corrected chi connectivity index (χ0v) is 12.5. The molecule has 0 saturated heterocycles. The smallest absolute Gasteiger partial charge is 0.322 e. The number of ether oxygens (including phenoxy) is 1. The molecule has 0 amide bonds. The average Bonchev–Trinajstić information content (AvgIpc) is 2.45. The van der Waals surface area contributed by atoms with Crippen LogP contribution in [0.5, 0.6) is 6.01 Å². The molecule has 20 heavy (non-hydrogen) atoms. The van der Waals surface area contributed by atoms with Gasteiger partial charge in [-0.05, 0) is 25.7 Å². The second-order valence-corrected chi connectivity index (χ2v) is 4.55. The van der Waals surface area contributed by atoms with Crippen LogP contribution >= 0.6 is 0 Å². The summed E-state index contributed by atoms with van der Waals surface area (Å²) in [7, 11) is 1.53. The topological polar surface area (TPSA) is 92.2 Å². The predicted molar refractivity (Wildman–Crippen MR) is 79.1 cm³/mol. The summed E-state index contributed by atoms with van der Waals surface area (Å²) in [6, 6.07) is 0.285. The van der Waals surface area contributed by atoms with Crippen LogP contribution in [-0.2, 0) is 0 Å². The molecule has 0 radical (unpaired) electrons. The highest BCUT2D eigenvalue weighted by atomic mass is 16.5. The predicted octanol–water partition coefficient (Wildman–Crippen LogP) is 1.52. The summed E-state index contributed by atoms with van der Waals surface area (Å²) in [6.07, 6.45) is 2.94. The number of aliphatic hydroxyl groups excluding tert-OH is 1. The molecular formula is C13H25N5O2. The zero-order chi connectivity index (χ0) is 14.8. The Morgan fingerprint density at radius 3 is 2.35 bits per heavy atom. The fourth-order valence-corrected chi connectivity index (χ4v) is 1.94. The molecule has 0 aliphatic heterocycles. The largest absolute Gasteiger partial charge is 0.467 e. The van der Waals surface area contributed by atoms with Crippen molar-refractivity contribution >= 4 is 11.9 Å². The standard InChI is InChI=1S/C13H25N5O2/c1-4-6-10(7-8-19)9-15-12-16-11(14-5-2)17-13(18-12)20-3/h10,19H,4-9H2,1-3H3,(H2,14,15,16,17,18). The van der Waals surface area contributed by atoms with E-state index in [0.717, 1.165) is 32.4 Å². The highest BCUT2D eigenvalue weighted by Gasteiger charge is 2.10. The van der Waals surface area contributed by atoms with Crippen molar-refractivity contribution in [2.24, 2.45) is 5.92 Å². The number of methoxy groups -OCH3 is 1. The van der Waals surface area contributed by atoms with E-state index in [2.05, 4.69) is 32.5 Å². The summed E-state index contributed by atoms with van der Waals surface area (Å²) in [4.78, 5) is 12.6. The van der Waals surface area contributed by atoms with Gasteiger partial charge in [0.25, 0.3) is 0 Å². The highest BCUT2D eigenvalue weighted by molar-refractivity contribution is 5.35. The Bertz CT molecular complexity index is 383. The Balaban J connectivity index is 2.67.